The minimum Gasteiger partial charge on any atom is -0.493 e. The van der Waals surface area contributed by atoms with Crippen LogP contribution >= 0.6 is 11.3 Å². The lowest BCUT2D eigenvalue weighted by atomic mass is 10.1. The number of thiazole rings is 1. The number of benzene rings is 2. The van der Waals surface area contributed by atoms with E-state index >= 15 is 0 Å². The van der Waals surface area contributed by atoms with Gasteiger partial charge in [0.25, 0.3) is 5.56 Å². The second-order valence-electron chi connectivity index (χ2n) is 5.88. The lowest BCUT2D eigenvalue weighted by Gasteiger charge is -2.05. The molecule has 5 nitrogen and oxygen atoms in total. The molecule has 130 valence electrons. The summed E-state index contributed by atoms with van der Waals surface area (Å²) in [4.78, 5) is 17.8. The zero-order chi connectivity index (χ0) is 18.1. The van der Waals surface area contributed by atoms with Gasteiger partial charge in [0.1, 0.15) is 5.75 Å². The second kappa shape index (κ2) is 6.72. The Kier molecular flexibility index (Phi) is 4.26. The molecule has 0 aliphatic carbocycles. The van der Waals surface area contributed by atoms with Gasteiger partial charge in [-0.3, -0.25) is 4.79 Å². The molecule has 0 aliphatic heterocycles. The summed E-state index contributed by atoms with van der Waals surface area (Å²) in [5.74, 6) is 1.32. The van der Waals surface area contributed by atoms with Crippen LogP contribution < -0.4 is 14.8 Å². The van der Waals surface area contributed by atoms with Crippen molar-refractivity contribution in [2.75, 3.05) is 6.61 Å². The lowest BCUT2D eigenvalue weighted by molar-refractivity contribution is 0.339. The summed E-state index contributed by atoms with van der Waals surface area (Å²) in [7, 11) is 0. The summed E-state index contributed by atoms with van der Waals surface area (Å²) in [5, 5.41) is 4.39. The summed E-state index contributed by atoms with van der Waals surface area (Å²) in [5.41, 5.74) is 2.78. The van der Waals surface area contributed by atoms with Crippen LogP contribution in [-0.2, 0) is 0 Å². The Bertz CT molecular complexity index is 1180. The highest BCUT2D eigenvalue weighted by atomic mass is 32.1. The third-order valence-corrected chi connectivity index (χ3v) is 4.96. The molecule has 0 amide bonds. The van der Waals surface area contributed by atoms with Crippen LogP contribution in [-0.4, -0.2) is 21.2 Å². The van der Waals surface area contributed by atoms with Gasteiger partial charge < -0.3 is 4.74 Å². The molecule has 26 heavy (non-hydrogen) atoms. The predicted molar refractivity (Wildman–Crippen MR) is 104 cm³/mol. The molecule has 0 radical (unpaired) electrons. The average Bonchev–Trinajstić information content (AvgIpc) is 3.18. The van der Waals surface area contributed by atoms with Crippen molar-refractivity contribution in [1.29, 1.82) is 0 Å². The molecule has 4 aromatic rings. The number of ether oxygens (including phenoxy) is 1. The molecule has 4 rings (SSSR count). The van der Waals surface area contributed by atoms with E-state index in [4.69, 9.17) is 4.74 Å². The third kappa shape index (κ3) is 2.99. The minimum atomic E-state index is -0.165. The molecule has 0 bridgehead atoms. The number of hydrogen-bond acceptors (Lipinski definition) is 5. The highest BCUT2D eigenvalue weighted by molar-refractivity contribution is 7.15. The quantitative estimate of drug-likeness (QED) is 0.559. The van der Waals surface area contributed by atoms with Crippen LogP contribution in [0.2, 0.25) is 0 Å². The van der Waals surface area contributed by atoms with Gasteiger partial charge in [-0.15, -0.1) is 5.10 Å². The molecule has 0 saturated carbocycles. The SMILES string of the molecule is CCOc1ccccc1C=c1sc2nc(-c3ccc(C)cc3)nn2c1=O. The Morgan fingerprint density at radius 1 is 1.15 bits per heavy atom. The van der Waals surface area contributed by atoms with E-state index in [0.717, 1.165) is 16.9 Å². The summed E-state index contributed by atoms with van der Waals surface area (Å²) in [6, 6.07) is 15.6. The molecule has 0 fully saturated rings. The first-order valence-electron chi connectivity index (χ1n) is 8.36. The van der Waals surface area contributed by atoms with Gasteiger partial charge in [-0.1, -0.05) is 59.4 Å². The third-order valence-electron chi connectivity index (χ3n) is 4.00. The summed E-state index contributed by atoms with van der Waals surface area (Å²) in [6.07, 6.45) is 1.83. The number of para-hydroxylation sites is 1. The van der Waals surface area contributed by atoms with Gasteiger partial charge in [0.2, 0.25) is 4.96 Å². The summed E-state index contributed by atoms with van der Waals surface area (Å²) >= 11 is 1.33. The van der Waals surface area contributed by atoms with Gasteiger partial charge in [0.05, 0.1) is 11.1 Å². The Labute approximate surface area is 154 Å². The van der Waals surface area contributed by atoms with Gasteiger partial charge in [-0.25, -0.2) is 0 Å². The maximum absolute atomic E-state index is 12.7. The van der Waals surface area contributed by atoms with Gasteiger partial charge in [-0.05, 0) is 26.0 Å². The fourth-order valence-corrected chi connectivity index (χ4v) is 3.59. The van der Waals surface area contributed by atoms with E-state index in [2.05, 4.69) is 10.1 Å². The van der Waals surface area contributed by atoms with Crippen molar-refractivity contribution in [2.45, 2.75) is 13.8 Å². The standard InChI is InChI=1S/C20H17N3O2S/c1-3-25-16-7-5-4-6-15(16)12-17-19(24)23-20(26-17)21-18(22-23)14-10-8-13(2)9-11-14/h4-12H,3H2,1-2H3. The number of rotatable bonds is 4. The first-order valence-corrected chi connectivity index (χ1v) is 9.17. The van der Waals surface area contributed by atoms with Crippen molar-refractivity contribution in [3.8, 4) is 17.1 Å². The van der Waals surface area contributed by atoms with Crippen molar-refractivity contribution in [2.24, 2.45) is 0 Å². The first kappa shape index (κ1) is 16.5. The lowest BCUT2D eigenvalue weighted by Crippen LogP contribution is -2.23. The Hall–Kier alpha value is -2.99. The molecule has 0 saturated heterocycles. The molecule has 0 N–H and O–H groups in total. The zero-order valence-electron chi connectivity index (χ0n) is 14.5. The predicted octanol–water partition coefficient (Wildman–Crippen LogP) is 3.07. The van der Waals surface area contributed by atoms with Crippen LogP contribution in [0.25, 0.3) is 22.4 Å². The highest BCUT2D eigenvalue weighted by Crippen LogP contribution is 2.19. The van der Waals surface area contributed by atoms with Gasteiger partial charge >= 0.3 is 0 Å². The van der Waals surface area contributed by atoms with Crippen LogP contribution in [0.5, 0.6) is 5.75 Å². The largest absolute Gasteiger partial charge is 0.493 e. The van der Waals surface area contributed by atoms with Crippen LogP contribution in [0.1, 0.15) is 18.1 Å². The molecular weight excluding hydrogens is 346 g/mol. The van der Waals surface area contributed by atoms with Crippen LogP contribution in [0.4, 0.5) is 0 Å². The van der Waals surface area contributed by atoms with E-state index in [1.807, 2.05) is 68.5 Å². The van der Waals surface area contributed by atoms with E-state index in [1.165, 1.54) is 21.4 Å². The number of fused-ring (bicyclic) bond motifs is 1. The highest BCUT2D eigenvalue weighted by Gasteiger charge is 2.12. The number of hydrogen-bond donors (Lipinski definition) is 0. The van der Waals surface area contributed by atoms with Crippen LogP contribution in [0.15, 0.2) is 53.3 Å². The fourth-order valence-electron chi connectivity index (χ4n) is 2.69. The van der Waals surface area contributed by atoms with Crippen molar-refractivity contribution in [3.05, 3.63) is 74.5 Å². The molecule has 0 spiro atoms. The Morgan fingerprint density at radius 2 is 1.92 bits per heavy atom. The molecule has 0 unspecified atom stereocenters. The van der Waals surface area contributed by atoms with E-state index in [1.54, 1.807) is 0 Å². The van der Waals surface area contributed by atoms with Crippen molar-refractivity contribution >= 4 is 22.4 Å². The van der Waals surface area contributed by atoms with Crippen LogP contribution in [0, 0.1) is 6.92 Å². The summed E-state index contributed by atoms with van der Waals surface area (Å²) < 4.78 is 7.58. The van der Waals surface area contributed by atoms with E-state index < -0.39 is 0 Å². The van der Waals surface area contributed by atoms with Crippen molar-refractivity contribution < 1.29 is 4.74 Å². The van der Waals surface area contributed by atoms with Crippen LogP contribution in [0.3, 0.4) is 0 Å². The van der Waals surface area contributed by atoms with Gasteiger partial charge in [0, 0.05) is 11.1 Å². The van der Waals surface area contributed by atoms with Crippen molar-refractivity contribution in [1.82, 2.24) is 14.6 Å². The Morgan fingerprint density at radius 3 is 2.65 bits per heavy atom. The summed E-state index contributed by atoms with van der Waals surface area (Å²) in [6.45, 7) is 4.54. The van der Waals surface area contributed by atoms with Crippen molar-refractivity contribution in [3.63, 3.8) is 0 Å². The average molecular weight is 363 g/mol. The van der Waals surface area contributed by atoms with Gasteiger partial charge in [0.15, 0.2) is 5.82 Å². The molecule has 2 aromatic carbocycles. The molecule has 2 heterocycles. The maximum Gasteiger partial charge on any atom is 0.291 e. The number of aryl methyl sites for hydroxylation is 1. The molecule has 6 heteroatoms. The molecule has 0 aliphatic rings. The van der Waals surface area contributed by atoms with E-state index in [9.17, 15) is 4.79 Å². The maximum atomic E-state index is 12.7. The normalized spacial score (nSPS) is 12.0. The number of nitrogens with zero attached hydrogens (tertiary/aromatic N) is 3. The first-order chi connectivity index (χ1) is 12.7. The second-order valence-corrected chi connectivity index (χ2v) is 6.89. The number of aromatic nitrogens is 3. The molecule has 0 atom stereocenters. The van der Waals surface area contributed by atoms with E-state index in [-0.39, 0.29) is 5.56 Å². The zero-order valence-corrected chi connectivity index (χ0v) is 15.3. The fraction of sp³-hybridized carbons (Fsp3) is 0.150. The monoisotopic (exact) mass is 363 g/mol. The smallest absolute Gasteiger partial charge is 0.291 e. The van der Waals surface area contributed by atoms with Gasteiger partial charge in [-0.2, -0.15) is 9.50 Å². The molecular formula is C20H17N3O2S. The molecule has 2 aromatic heterocycles. The van der Waals surface area contributed by atoms with E-state index in [0.29, 0.717) is 21.9 Å². The topological polar surface area (TPSA) is 56.5 Å². The minimum absolute atomic E-state index is 0.165. The Balaban J connectivity index is 1.79.